The van der Waals surface area contributed by atoms with Crippen molar-refractivity contribution in [2.24, 2.45) is 7.05 Å². The van der Waals surface area contributed by atoms with Gasteiger partial charge in [-0.25, -0.2) is 0 Å². The summed E-state index contributed by atoms with van der Waals surface area (Å²) >= 11 is 0. The zero-order valence-corrected chi connectivity index (χ0v) is 17.4. The van der Waals surface area contributed by atoms with Gasteiger partial charge in [0.1, 0.15) is 11.5 Å². The number of fused-ring (bicyclic) bond motifs is 2. The number of ether oxygens (including phenoxy) is 1. The Kier molecular flexibility index (Phi) is 4.63. The third-order valence-electron chi connectivity index (χ3n) is 6.43. The quantitative estimate of drug-likeness (QED) is 0.635. The van der Waals surface area contributed by atoms with E-state index in [0.29, 0.717) is 35.2 Å². The summed E-state index contributed by atoms with van der Waals surface area (Å²) in [5.74, 6) is 0.862. The van der Waals surface area contributed by atoms with Crippen molar-refractivity contribution in [2.75, 3.05) is 6.54 Å². The first-order valence-electron chi connectivity index (χ1n) is 10.6. The fourth-order valence-electron chi connectivity index (χ4n) is 4.67. The summed E-state index contributed by atoms with van der Waals surface area (Å²) in [6, 6.07) is 11.8. The molecule has 1 atom stereocenters. The van der Waals surface area contributed by atoms with Crippen LogP contribution in [-0.4, -0.2) is 32.9 Å². The van der Waals surface area contributed by atoms with E-state index in [1.165, 1.54) is 6.42 Å². The molecule has 2 aromatic carbocycles. The molecule has 3 aromatic rings. The van der Waals surface area contributed by atoms with Gasteiger partial charge in [-0.1, -0.05) is 24.6 Å². The molecule has 0 aliphatic carbocycles. The predicted molar refractivity (Wildman–Crippen MR) is 118 cm³/mol. The molecule has 1 N–H and O–H groups in total. The number of aryl methyl sites for hydroxylation is 1. The van der Waals surface area contributed by atoms with Gasteiger partial charge in [-0.05, 0) is 50.6 Å². The standard InChI is InChI=1S/C25H26N2O3/c1-16-7-5-6-12-27(16)15-20-22(28)11-10-19-24(29)23(30-25(19)20)13-17-14-26(2)21-9-4-3-8-18(17)21/h3-4,8-11,13-14,16,28H,5-7,12,15H2,1-2H3/t16-/m1/s1. The minimum Gasteiger partial charge on any atom is -0.507 e. The maximum absolute atomic E-state index is 13.1. The Morgan fingerprint density at radius 2 is 2.03 bits per heavy atom. The number of piperidine rings is 1. The van der Waals surface area contributed by atoms with Crippen LogP contribution in [0.5, 0.6) is 11.5 Å². The van der Waals surface area contributed by atoms with E-state index in [1.807, 2.05) is 42.1 Å². The number of phenols is 1. The lowest BCUT2D eigenvalue weighted by Gasteiger charge is -2.33. The highest BCUT2D eigenvalue weighted by Crippen LogP contribution is 2.41. The van der Waals surface area contributed by atoms with E-state index in [0.717, 1.165) is 35.9 Å². The summed E-state index contributed by atoms with van der Waals surface area (Å²) in [4.78, 5) is 15.4. The number of nitrogens with zero attached hydrogens (tertiary/aromatic N) is 2. The Morgan fingerprint density at radius 3 is 2.87 bits per heavy atom. The topological polar surface area (TPSA) is 54.7 Å². The summed E-state index contributed by atoms with van der Waals surface area (Å²) in [6.45, 7) is 3.80. The van der Waals surface area contributed by atoms with Gasteiger partial charge in [0.05, 0.1) is 11.1 Å². The van der Waals surface area contributed by atoms with Gasteiger partial charge in [0.2, 0.25) is 5.78 Å². The van der Waals surface area contributed by atoms with Crippen LogP contribution in [0, 0.1) is 0 Å². The maximum atomic E-state index is 13.1. The zero-order valence-electron chi connectivity index (χ0n) is 17.4. The molecule has 30 heavy (non-hydrogen) atoms. The number of carbonyl (C=O) groups is 1. The number of allylic oxidation sites excluding steroid dienone is 1. The lowest BCUT2D eigenvalue weighted by atomic mass is 10.0. The first-order chi connectivity index (χ1) is 14.5. The highest BCUT2D eigenvalue weighted by atomic mass is 16.5. The molecule has 0 spiro atoms. The third-order valence-corrected chi connectivity index (χ3v) is 6.43. The smallest absolute Gasteiger partial charge is 0.231 e. The van der Waals surface area contributed by atoms with Crippen molar-refractivity contribution >= 4 is 22.8 Å². The van der Waals surface area contributed by atoms with Crippen LogP contribution in [0.2, 0.25) is 0 Å². The third kappa shape index (κ3) is 3.10. The molecule has 1 aromatic heterocycles. The second-order valence-corrected chi connectivity index (χ2v) is 8.41. The number of aromatic nitrogens is 1. The van der Waals surface area contributed by atoms with Gasteiger partial charge in [0.15, 0.2) is 5.76 Å². The van der Waals surface area contributed by atoms with Crippen molar-refractivity contribution in [3.63, 3.8) is 0 Å². The Morgan fingerprint density at radius 1 is 1.20 bits per heavy atom. The van der Waals surface area contributed by atoms with Gasteiger partial charge in [0.25, 0.3) is 0 Å². The summed E-state index contributed by atoms with van der Waals surface area (Å²) < 4.78 is 8.13. The molecule has 0 saturated carbocycles. The van der Waals surface area contributed by atoms with Crippen molar-refractivity contribution in [2.45, 2.75) is 38.8 Å². The van der Waals surface area contributed by atoms with Crippen LogP contribution in [0.15, 0.2) is 48.4 Å². The highest BCUT2D eigenvalue weighted by molar-refractivity contribution is 6.15. The molecule has 1 saturated heterocycles. The van der Waals surface area contributed by atoms with Crippen LogP contribution in [0.25, 0.3) is 17.0 Å². The van der Waals surface area contributed by atoms with E-state index in [9.17, 15) is 9.90 Å². The zero-order chi connectivity index (χ0) is 20.8. The summed E-state index contributed by atoms with van der Waals surface area (Å²) in [5.41, 5.74) is 3.28. The molecule has 0 unspecified atom stereocenters. The molecule has 5 rings (SSSR count). The van der Waals surface area contributed by atoms with Crippen LogP contribution in [0.1, 0.15) is 47.7 Å². The average Bonchev–Trinajstić information content (AvgIpc) is 3.23. The first kappa shape index (κ1) is 18.9. The van der Waals surface area contributed by atoms with Crippen molar-refractivity contribution in [3.8, 4) is 11.5 Å². The number of phenolic OH excluding ortho intramolecular Hbond substituents is 1. The van der Waals surface area contributed by atoms with E-state index in [1.54, 1.807) is 12.1 Å². The van der Waals surface area contributed by atoms with Crippen LogP contribution in [0.3, 0.4) is 0 Å². The van der Waals surface area contributed by atoms with Gasteiger partial charge in [-0.2, -0.15) is 0 Å². The number of likely N-dealkylation sites (tertiary alicyclic amines) is 1. The summed E-state index contributed by atoms with van der Waals surface area (Å²) in [6.07, 6.45) is 7.37. The van der Waals surface area contributed by atoms with Crippen LogP contribution in [-0.2, 0) is 13.6 Å². The SMILES string of the molecule is C[C@@H]1CCCCN1Cc1c(O)ccc2c1OC(=Cc1cn(C)c3ccccc13)C2=O. The molecular formula is C25H26N2O3. The number of benzene rings is 2. The second kappa shape index (κ2) is 7.33. The van der Waals surface area contributed by atoms with Crippen molar-refractivity contribution in [1.82, 2.24) is 9.47 Å². The fourth-order valence-corrected chi connectivity index (χ4v) is 4.67. The van der Waals surface area contributed by atoms with E-state index >= 15 is 0 Å². The van der Waals surface area contributed by atoms with Gasteiger partial charge in [-0.3, -0.25) is 9.69 Å². The normalized spacial score (nSPS) is 20.7. The number of hydrogen-bond donors (Lipinski definition) is 1. The number of carbonyl (C=O) groups excluding carboxylic acids is 1. The van der Waals surface area contributed by atoms with E-state index in [2.05, 4.69) is 17.9 Å². The molecule has 5 heteroatoms. The number of Topliss-reactive ketones (excluding diaryl/α,β-unsaturated/α-hetero) is 1. The molecular weight excluding hydrogens is 376 g/mol. The molecule has 0 bridgehead atoms. The summed E-state index contributed by atoms with van der Waals surface area (Å²) in [7, 11) is 1.99. The van der Waals surface area contributed by atoms with Crippen LogP contribution in [0.4, 0.5) is 0 Å². The van der Waals surface area contributed by atoms with Gasteiger partial charge < -0.3 is 14.4 Å². The Labute approximate surface area is 176 Å². The van der Waals surface area contributed by atoms with E-state index < -0.39 is 0 Å². The Hall–Kier alpha value is -3.05. The minimum atomic E-state index is -0.133. The number of rotatable bonds is 3. The Balaban J connectivity index is 1.52. The predicted octanol–water partition coefficient (Wildman–Crippen LogP) is 4.87. The van der Waals surface area contributed by atoms with Gasteiger partial charge in [-0.15, -0.1) is 0 Å². The van der Waals surface area contributed by atoms with Gasteiger partial charge in [0, 0.05) is 42.3 Å². The maximum Gasteiger partial charge on any atom is 0.231 e. The lowest BCUT2D eigenvalue weighted by molar-refractivity contribution is 0.101. The largest absolute Gasteiger partial charge is 0.507 e. The first-order valence-corrected chi connectivity index (χ1v) is 10.6. The van der Waals surface area contributed by atoms with Crippen molar-refractivity contribution in [1.29, 1.82) is 0 Å². The van der Waals surface area contributed by atoms with E-state index in [-0.39, 0.29) is 11.5 Å². The highest BCUT2D eigenvalue weighted by Gasteiger charge is 2.32. The molecule has 2 aliphatic rings. The van der Waals surface area contributed by atoms with Gasteiger partial charge >= 0.3 is 0 Å². The van der Waals surface area contributed by atoms with Crippen LogP contribution >= 0.6 is 0 Å². The lowest BCUT2D eigenvalue weighted by Crippen LogP contribution is -2.36. The average molecular weight is 402 g/mol. The molecule has 0 radical (unpaired) electrons. The second-order valence-electron chi connectivity index (χ2n) is 8.41. The summed E-state index contributed by atoms with van der Waals surface area (Å²) in [5, 5.41) is 11.6. The molecule has 2 aliphatic heterocycles. The van der Waals surface area contributed by atoms with E-state index in [4.69, 9.17) is 4.74 Å². The Bertz CT molecular complexity index is 1170. The fraction of sp³-hybridized carbons (Fsp3) is 0.320. The molecule has 3 heterocycles. The minimum absolute atomic E-state index is 0.133. The molecule has 1 fully saturated rings. The van der Waals surface area contributed by atoms with Crippen molar-refractivity contribution in [3.05, 3.63) is 65.0 Å². The molecule has 5 nitrogen and oxygen atoms in total. The molecule has 0 amide bonds. The number of aromatic hydroxyl groups is 1. The number of para-hydroxylation sites is 1. The number of hydrogen-bond acceptors (Lipinski definition) is 4. The monoisotopic (exact) mass is 402 g/mol. The molecule has 154 valence electrons. The van der Waals surface area contributed by atoms with Crippen molar-refractivity contribution < 1.29 is 14.6 Å². The van der Waals surface area contributed by atoms with Crippen LogP contribution < -0.4 is 4.74 Å². The number of ketones is 1.